The van der Waals surface area contributed by atoms with Gasteiger partial charge in [0.05, 0.1) is 4.21 Å². The average Bonchev–Trinajstić information content (AvgIpc) is 2.51. The molecule has 1 aliphatic carbocycles. The zero-order chi connectivity index (χ0) is 9.53. The largest absolute Gasteiger partial charge is 0.106 e. The van der Waals surface area contributed by atoms with Crippen LogP contribution in [0.3, 0.4) is 0 Å². The predicted molar refractivity (Wildman–Crippen MR) is 59.3 cm³/mol. The molecular weight excluding hydrogens is 200 g/mol. The second-order valence-electron chi connectivity index (χ2n) is 4.20. The summed E-state index contributed by atoms with van der Waals surface area (Å²) >= 11 is 8.22. The standard InChI is InChI=1S/C11H13ClS/c1-10(2)8-11(10,12)13-9-6-4-3-5-7-9/h3-7H,8H2,1-2H3/t11-/m0/s1. The first-order valence-corrected chi connectivity index (χ1v) is 5.66. The van der Waals surface area contributed by atoms with Crippen LogP contribution in [0.25, 0.3) is 0 Å². The molecule has 0 heterocycles. The monoisotopic (exact) mass is 212 g/mol. The van der Waals surface area contributed by atoms with Crippen LogP contribution in [0, 0.1) is 5.41 Å². The molecule has 0 unspecified atom stereocenters. The number of thioether (sulfide) groups is 1. The zero-order valence-electron chi connectivity index (χ0n) is 7.88. The Bertz CT molecular complexity index is 307. The lowest BCUT2D eigenvalue weighted by Crippen LogP contribution is -2.01. The van der Waals surface area contributed by atoms with Crippen LogP contribution in [-0.4, -0.2) is 4.21 Å². The van der Waals surface area contributed by atoms with Crippen molar-refractivity contribution in [2.24, 2.45) is 5.41 Å². The fourth-order valence-corrected chi connectivity index (χ4v) is 3.35. The molecule has 1 fully saturated rings. The van der Waals surface area contributed by atoms with E-state index in [0.29, 0.717) is 0 Å². The van der Waals surface area contributed by atoms with Crippen molar-refractivity contribution in [1.29, 1.82) is 0 Å². The fraction of sp³-hybridized carbons (Fsp3) is 0.455. The fourth-order valence-electron chi connectivity index (χ4n) is 1.37. The first-order chi connectivity index (χ1) is 6.04. The van der Waals surface area contributed by atoms with Crippen molar-refractivity contribution in [1.82, 2.24) is 0 Å². The number of rotatable bonds is 2. The number of benzene rings is 1. The molecule has 0 radical (unpaired) electrons. The highest BCUT2D eigenvalue weighted by atomic mass is 35.5. The van der Waals surface area contributed by atoms with Gasteiger partial charge in [-0.05, 0) is 24.0 Å². The highest BCUT2D eigenvalue weighted by Gasteiger charge is 2.61. The van der Waals surface area contributed by atoms with Gasteiger partial charge in [0.1, 0.15) is 0 Å². The van der Waals surface area contributed by atoms with Crippen LogP contribution in [-0.2, 0) is 0 Å². The van der Waals surface area contributed by atoms with Crippen LogP contribution >= 0.6 is 23.4 Å². The van der Waals surface area contributed by atoms with E-state index in [1.165, 1.54) is 4.90 Å². The highest BCUT2D eigenvalue weighted by Crippen LogP contribution is 2.68. The van der Waals surface area contributed by atoms with Gasteiger partial charge in [-0.3, -0.25) is 0 Å². The molecule has 0 N–H and O–H groups in total. The molecule has 70 valence electrons. The van der Waals surface area contributed by atoms with Crippen molar-refractivity contribution >= 4 is 23.4 Å². The van der Waals surface area contributed by atoms with Crippen molar-refractivity contribution in [2.75, 3.05) is 0 Å². The van der Waals surface area contributed by atoms with Gasteiger partial charge in [-0.2, -0.15) is 0 Å². The van der Waals surface area contributed by atoms with E-state index in [-0.39, 0.29) is 9.62 Å². The predicted octanol–water partition coefficient (Wildman–Crippen LogP) is 4.14. The van der Waals surface area contributed by atoms with E-state index in [1.807, 2.05) is 6.07 Å². The molecule has 13 heavy (non-hydrogen) atoms. The molecule has 0 aromatic heterocycles. The maximum atomic E-state index is 6.43. The highest BCUT2D eigenvalue weighted by molar-refractivity contribution is 8.02. The molecule has 2 rings (SSSR count). The van der Waals surface area contributed by atoms with E-state index in [9.17, 15) is 0 Å². The van der Waals surface area contributed by atoms with Crippen molar-refractivity contribution in [3.8, 4) is 0 Å². The second-order valence-corrected chi connectivity index (χ2v) is 6.45. The Labute approximate surface area is 88.7 Å². The first kappa shape index (κ1) is 9.42. The third-order valence-corrected chi connectivity index (χ3v) is 4.98. The minimum atomic E-state index is -0.0612. The summed E-state index contributed by atoms with van der Waals surface area (Å²) in [6.45, 7) is 4.44. The molecule has 0 bridgehead atoms. The molecule has 0 nitrogen and oxygen atoms in total. The minimum Gasteiger partial charge on any atom is -0.106 e. The van der Waals surface area contributed by atoms with E-state index in [4.69, 9.17) is 11.6 Å². The zero-order valence-corrected chi connectivity index (χ0v) is 9.45. The first-order valence-electron chi connectivity index (χ1n) is 4.47. The molecule has 2 heteroatoms. The summed E-state index contributed by atoms with van der Waals surface area (Å²) in [5.41, 5.74) is 0.287. The average molecular weight is 213 g/mol. The van der Waals surface area contributed by atoms with Crippen LogP contribution in [0.4, 0.5) is 0 Å². The molecule has 0 amide bonds. The maximum absolute atomic E-state index is 6.43. The lowest BCUT2D eigenvalue weighted by atomic mass is 10.2. The van der Waals surface area contributed by atoms with Crippen LogP contribution in [0.15, 0.2) is 35.2 Å². The van der Waals surface area contributed by atoms with Crippen molar-refractivity contribution in [3.63, 3.8) is 0 Å². The van der Waals surface area contributed by atoms with E-state index in [0.717, 1.165) is 6.42 Å². The molecule has 1 aromatic carbocycles. The Morgan fingerprint density at radius 2 is 1.77 bits per heavy atom. The molecule has 0 spiro atoms. The van der Waals surface area contributed by atoms with Gasteiger partial charge in [0.25, 0.3) is 0 Å². The van der Waals surface area contributed by atoms with Gasteiger partial charge in [0, 0.05) is 4.90 Å². The summed E-state index contributed by atoms with van der Waals surface area (Å²) in [6, 6.07) is 10.4. The number of hydrogen-bond acceptors (Lipinski definition) is 1. The van der Waals surface area contributed by atoms with E-state index >= 15 is 0 Å². The van der Waals surface area contributed by atoms with E-state index in [1.54, 1.807) is 11.8 Å². The van der Waals surface area contributed by atoms with Gasteiger partial charge in [-0.15, -0.1) is 23.4 Å². The van der Waals surface area contributed by atoms with Gasteiger partial charge >= 0.3 is 0 Å². The SMILES string of the molecule is CC1(C)C[C@]1(Cl)Sc1ccccc1. The van der Waals surface area contributed by atoms with Gasteiger partial charge in [-0.25, -0.2) is 0 Å². The van der Waals surface area contributed by atoms with Gasteiger partial charge < -0.3 is 0 Å². The molecule has 0 saturated heterocycles. The normalized spacial score (nSPS) is 30.1. The summed E-state index contributed by atoms with van der Waals surface area (Å²) in [7, 11) is 0. The Balaban J connectivity index is 2.09. The van der Waals surface area contributed by atoms with Gasteiger partial charge in [0.2, 0.25) is 0 Å². The Hall–Kier alpha value is -0.140. The van der Waals surface area contributed by atoms with Crippen molar-refractivity contribution in [2.45, 2.75) is 29.4 Å². The topological polar surface area (TPSA) is 0 Å². The van der Waals surface area contributed by atoms with Crippen LogP contribution in [0.2, 0.25) is 0 Å². The van der Waals surface area contributed by atoms with Gasteiger partial charge in [-0.1, -0.05) is 32.0 Å². The van der Waals surface area contributed by atoms with Crippen LogP contribution in [0.5, 0.6) is 0 Å². The van der Waals surface area contributed by atoms with Crippen LogP contribution in [0.1, 0.15) is 20.3 Å². The van der Waals surface area contributed by atoms with Crippen molar-refractivity contribution < 1.29 is 0 Å². The number of alkyl halides is 1. The smallest absolute Gasteiger partial charge is 0.0999 e. The minimum absolute atomic E-state index is 0.0612. The third-order valence-electron chi connectivity index (χ3n) is 2.58. The maximum Gasteiger partial charge on any atom is 0.0999 e. The molecule has 0 aliphatic heterocycles. The lowest BCUT2D eigenvalue weighted by molar-refractivity contribution is 0.643. The van der Waals surface area contributed by atoms with E-state index < -0.39 is 0 Å². The number of hydrogen-bond donors (Lipinski definition) is 0. The third kappa shape index (κ3) is 1.72. The summed E-state index contributed by atoms with van der Waals surface area (Å²) in [6.07, 6.45) is 1.10. The summed E-state index contributed by atoms with van der Waals surface area (Å²) < 4.78 is -0.0612. The summed E-state index contributed by atoms with van der Waals surface area (Å²) in [5, 5.41) is 0. The summed E-state index contributed by atoms with van der Waals surface area (Å²) in [5.74, 6) is 0. The Morgan fingerprint density at radius 3 is 2.23 bits per heavy atom. The lowest BCUT2D eigenvalue weighted by Gasteiger charge is -2.11. The number of halogens is 1. The quantitative estimate of drug-likeness (QED) is 0.664. The Kier molecular flexibility index (Phi) is 2.12. The molecule has 1 atom stereocenters. The molecular formula is C11H13ClS. The molecule has 1 saturated carbocycles. The summed E-state index contributed by atoms with van der Waals surface area (Å²) in [4.78, 5) is 1.27. The molecule has 1 aliphatic rings. The van der Waals surface area contributed by atoms with Gasteiger partial charge in [0.15, 0.2) is 0 Å². The Morgan fingerprint density at radius 1 is 1.23 bits per heavy atom. The second kappa shape index (κ2) is 2.93. The van der Waals surface area contributed by atoms with Crippen LogP contribution < -0.4 is 0 Å². The van der Waals surface area contributed by atoms with E-state index in [2.05, 4.69) is 38.1 Å². The molecule has 1 aromatic rings. The van der Waals surface area contributed by atoms with Crippen molar-refractivity contribution in [3.05, 3.63) is 30.3 Å².